The fourth-order valence-corrected chi connectivity index (χ4v) is 5.42. The number of halogens is 1. The number of hydrogen-bond acceptors (Lipinski definition) is 6. The van der Waals surface area contributed by atoms with Gasteiger partial charge in [0.1, 0.15) is 5.01 Å². The summed E-state index contributed by atoms with van der Waals surface area (Å²) in [5.41, 5.74) is 3.15. The van der Waals surface area contributed by atoms with Gasteiger partial charge in [-0.15, -0.1) is 22.7 Å². The summed E-state index contributed by atoms with van der Waals surface area (Å²) < 4.78 is 6.35. The van der Waals surface area contributed by atoms with Crippen LogP contribution in [0.25, 0.3) is 9.88 Å². The number of carbonyl (C=O) groups is 1. The summed E-state index contributed by atoms with van der Waals surface area (Å²) >= 11 is 9.03. The monoisotopic (exact) mass is 461 g/mol. The molecule has 1 aromatic carbocycles. The van der Waals surface area contributed by atoms with Gasteiger partial charge >= 0.3 is 0 Å². The van der Waals surface area contributed by atoms with Crippen LogP contribution in [0, 0.1) is 0 Å². The van der Waals surface area contributed by atoms with Crippen LogP contribution in [-0.2, 0) is 29.0 Å². The molecule has 4 rings (SSSR count). The number of nitrogens with one attached hydrogen (secondary N) is 1. The standard InChI is InChI=1S/C22H24ClN3O2S2/c1-15-12-26(7-8-28-15)13-17-4-2-3-16(9-17)11-24-21(27)10-18-14-29-22(25-18)19-5-6-20(23)30-19/h2-6,9,14-15H,7-8,10-13H2,1H3,(H,24,27). The summed E-state index contributed by atoms with van der Waals surface area (Å²) in [6, 6.07) is 12.2. The minimum atomic E-state index is -0.0246. The lowest BCUT2D eigenvalue weighted by molar-refractivity contribution is -0.120. The van der Waals surface area contributed by atoms with E-state index < -0.39 is 0 Å². The number of morpholine rings is 1. The van der Waals surface area contributed by atoms with Crippen molar-refractivity contribution in [1.82, 2.24) is 15.2 Å². The van der Waals surface area contributed by atoms with Crippen LogP contribution in [0.1, 0.15) is 23.7 Å². The van der Waals surface area contributed by atoms with E-state index in [0.29, 0.717) is 6.54 Å². The molecule has 5 nitrogen and oxygen atoms in total. The molecule has 0 radical (unpaired) electrons. The summed E-state index contributed by atoms with van der Waals surface area (Å²) in [6.07, 6.45) is 0.560. The van der Waals surface area contributed by atoms with Gasteiger partial charge in [-0.3, -0.25) is 9.69 Å². The first-order chi connectivity index (χ1) is 14.5. The van der Waals surface area contributed by atoms with Gasteiger partial charge in [0.25, 0.3) is 0 Å². The fraction of sp³-hybridized carbons (Fsp3) is 0.364. The fourth-order valence-electron chi connectivity index (χ4n) is 3.49. The van der Waals surface area contributed by atoms with E-state index in [1.165, 1.54) is 28.2 Å². The second-order valence-electron chi connectivity index (χ2n) is 7.44. The van der Waals surface area contributed by atoms with E-state index in [4.69, 9.17) is 16.3 Å². The van der Waals surface area contributed by atoms with Crippen molar-refractivity contribution in [2.24, 2.45) is 0 Å². The Bertz CT molecular complexity index is 1000. The van der Waals surface area contributed by atoms with Gasteiger partial charge < -0.3 is 10.1 Å². The molecule has 8 heteroatoms. The smallest absolute Gasteiger partial charge is 0.226 e. The van der Waals surface area contributed by atoms with Crippen molar-refractivity contribution in [2.45, 2.75) is 32.5 Å². The van der Waals surface area contributed by atoms with E-state index in [2.05, 4.69) is 40.3 Å². The Morgan fingerprint density at radius 3 is 3.00 bits per heavy atom. The van der Waals surface area contributed by atoms with Crippen molar-refractivity contribution in [3.8, 4) is 9.88 Å². The molecular weight excluding hydrogens is 438 g/mol. The van der Waals surface area contributed by atoms with E-state index in [1.807, 2.05) is 23.6 Å². The van der Waals surface area contributed by atoms with Gasteiger partial charge in [0, 0.05) is 31.6 Å². The number of nitrogens with zero attached hydrogens (tertiary/aromatic N) is 2. The van der Waals surface area contributed by atoms with E-state index in [1.54, 1.807) is 0 Å². The van der Waals surface area contributed by atoms with Gasteiger partial charge in [-0.2, -0.15) is 0 Å². The Balaban J connectivity index is 1.28. The van der Waals surface area contributed by atoms with Crippen LogP contribution < -0.4 is 5.32 Å². The number of thiophene rings is 1. The van der Waals surface area contributed by atoms with Crippen molar-refractivity contribution >= 4 is 40.2 Å². The molecule has 1 aliphatic rings. The maximum absolute atomic E-state index is 12.4. The summed E-state index contributed by atoms with van der Waals surface area (Å²) in [5.74, 6) is -0.0246. The molecule has 0 aliphatic carbocycles. The van der Waals surface area contributed by atoms with Gasteiger partial charge in [0.2, 0.25) is 5.91 Å². The van der Waals surface area contributed by atoms with Crippen LogP contribution >= 0.6 is 34.3 Å². The summed E-state index contributed by atoms with van der Waals surface area (Å²) in [4.78, 5) is 20.4. The van der Waals surface area contributed by atoms with Crippen LogP contribution in [0.5, 0.6) is 0 Å². The zero-order valence-electron chi connectivity index (χ0n) is 16.8. The van der Waals surface area contributed by atoms with E-state index in [-0.39, 0.29) is 18.4 Å². The van der Waals surface area contributed by atoms with Crippen molar-refractivity contribution < 1.29 is 9.53 Å². The number of hydrogen-bond donors (Lipinski definition) is 1. The first-order valence-corrected chi connectivity index (χ1v) is 12.0. The lowest BCUT2D eigenvalue weighted by atomic mass is 10.1. The highest BCUT2D eigenvalue weighted by molar-refractivity contribution is 7.23. The molecule has 158 valence electrons. The zero-order chi connectivity index (χ0) is 20.9. The number of rotatable bonds is 7. The molecule has 30 heavy (non-hydrogen) atoms. The van der Waals surface area contributed by atoms with Crippen molar-refractivity contribution in [2.75, 3.05) is 19.7 Å². The Labute approximate surface area is 189 Å². The first kappa shape index (κ1) is 21.5. The summed E-state index contributed by atoms with van der Waals surface area (Å²) in [5, 5.41) is 5.85. The second kappa shape index (κ2) is 10.0. The van der Waals surface area contributed by atoms with Crippen LogP contribution in [0.2, 0.25) is 4.34 Å². The third-order valence-corrected chi connectivity index (χ3v) is 7.18. The van der Waals surface area contributed by atoms with Crippen molar-refractivity contribution in [1.29, 1.82) is 0 Å². The molecule has 1 amide bonds. The van der Waals surface area contributed by atoms with Crippen LogP contribution in [0.3, 0.4) is 0 Å². The molecule has 0 spiro atoms. The minimum absolute atomic E-state index is 0.0246. The molecule has 1 saturated heterocycles. The summed E-state index contributed by atoms with van der Waals surface area (Å²) in [7, 11) is 0. The van der Waals surface area contributed by atoms with Gasteiger partial charge in [0.05, 0.1) is 34.0 Å². The van der Waals surface area contributed by atoms with Gasteiger partial charge in [-0.25, -0.2) is 4.98 Å². The molecule has 0 saturated carbocycles. The lowest BCUT2D eigenvalue weighted by Crippen LogP contribution is -2.40. The molecule has 1 atom stereocenters. The SMILES string of the molecule is CC1CN(Cc2cccc(CNC(=O)Cc3csc(-c4ccc(Cl)s4)n3)c2)CCO1. The number of amides is 1. The summed E-state index contributed by atoms with van der Waals surface area (Å²) in [6.45, 7) is 6.23. The highest BCUT2D eigenvalue weighted by Crippen LogP contribution is 2.32. The Kier molecular flexibility index (Phi) is 7.17. The average molecular weight is 462 g/mol. The highest BCUT2D eigenvalue weighted by atomic mass is 35.5. The highest BCUT2D eigenvalue weighted by Gasteiger charge is 2.16. The van der Waals surface area contributed by atoms with Gasteiger partial charge in [0.15, 0.2) is 0 Å². The molecule has 1 fully saturated rings. The molecular formula is C22H24ClN3O2S2. The molecule has 1 aliphatic heterocycles. The third kappa shape index (κ3) is 5.89. The number of carbonyl (C=O) groups excluding carboxylic acids is 1. The minimum Gasteiger partial charge on any atom is -0.376 e. The maximum atomic E-state index is 12.4. The quantitative estimate of drug-likeness (QED) is 0.558. The van der Waals surface area contributed by atoms with Crippen LogP contribution in [0.4, 0.5) is 0 Å². The lowest BCUT2D eigenvalue weighted by Gasteiger charge is -2.31. The molecule has 0 bridgehead atoms. The molecule has 3 aromatic rings. The Morgan fingerprint density at radius 1 is 1.33 bits per heavy atom. The number of benzene rings is 1. The normalized spacial score (nSPS) is 17.2. The predicted molar refractivity (Wildman–Crippen MR) is 123 cm³/mol. The van der Waals surface area contributed by atoms with Gasteiger partial charge in [-0.1, -0.05) is 35.9 Å². The maximum Gasteiger partial charge on any atom is 0.226 e. The first-order valence-electron chi connectivity index (χ1n) is 9.94. The van der Waals surface area contributed by atoms with E-state index in [0.717, 1.165) is 51.7 Å². The van der Waals surface area contributed by atoms with Crippen molar-refractivity contribution in [3.05, 3.63) is 62.9 Å². The molecule has 1 N–H and O–H groups in total. The largest absolute Gasteiger partial charge is 0.376 e. The number of thiazole rings is 1. The second-order valence-corrected chi connectivity index (χ2v) is 10.0. The Hall–Kier alpha value is -1.77. The molecule has 3 heterocycles. The topological polar surface area (TPSA) is 54.5 Å². The Morgan fingerprint density at radius 2 is 2.20 bits per heavy atom. The number of aromatic nitrogens is 1. The zero-order valence-corrected chi connectivity index (χ0v) is 19.2. The van der Waals surface area contributed by atoms with E-state index >= 15 is 0 Å². The van der Waals surface area contributed by atoms with Gasteiger partial charge in [-0.05, 0) is 30.2 Å². The third-order valence-electron chi connectivity index (χ3n) is 4.89. The molecule has 2 aromatic heterocycles. The number of ether oxygens (including phenoxy) is 1. The van der Waals surface area contributed by atoms with Crippen LogP contribution in [0.15, 0.2) is 41.8 Å². The van der Waals surface area contributed by atoms with E-state index in [9.17, 15) is 4.79 Å². The predicted octanol–water partition coefficient (Wildman–Crippen LogP) is 4.60. The van der Waals surface area contributed by atoms with Crippen molar-refractivity contribution in [3.63, 3.8) is 0 Å². The average Bonchev–Trinajstić information content (AvgIpc) is 3.36. The van der Waals surface area contributed by atoms with Crippen LogP contribution in [-0.4, -0.2) is 41.6 Å². The molecule has 1 unspecified atom stereocenters.